The van der Waals surface area contributed by atoms with Crippen molar-refractivity contribution in [3.63, 3.8) is 0 Å². The molecule has 7 nitrogen and oxygen atoms in total. The lowest BCUT2D eigenvalue weighted by Crippen LogP contribution is -2.25. The van der Waals surface area contributed by atoms with E-state index in [4.69, 9.17) is 11.6 Å². The van der Waals surface area contributed by atoms with Crippen LogP contribution in [-0.2, 0) is 16.8 Å². The molecular formula is C14H16ClF2N5O2. The van der Waals surface area contributed by atoms with Gasteiger partial charge in [0.05, 0.1) is 5.02 Å². The number of anilines is 1. The number of carbonyl (C=O) groups excluding carboxylic acids is 1. The van der Waals surface area contributed by atoms with Gasteiger partial charge in [0.25, 0.3) is 0 Å². The van der Waals surface area contributed by atoms with Gasteiger partial charge in [0.2, 0.25) is 5.91 Å². The van der Waals surface area contributed by atoms with Gasteiger partial charge in [-0.3, -0.25) is 4.79 Å². The van der Waals surface area contributed by atoms with Crippen LogP contribution < -0.4 is 10.1 Å². The van der Waals surface area contributed by atoms with Crippen molar-refractivity contribution in [1.29, 1.82) is 0 Å². The number of tetrazole rings is 1. The van der Waals surface area contributed by atoms with Gasteiger partial charge in [-0.1, -0.05) is 32.4 Å². The molecule has 130 valence electrons. The smallest absolute Gasteiger partial charge is 0.387 e. The Balaban J connectivity index is 2.06. The molecule has 0 aliphatic heterocycles. The molecule has 0 bridgehead atoms. The van der Waals surface area contributed by atoms with Crippen molar-refractivity contribution in [2.24, 2.45) is 0 Å². The molecule has 0 saturated carbocycles. The maximum absolute atomic E-state index is 12.2. The van der Waals surface area contributed by atoms with Crippen molar-refractivity contribution in [3.8, 4) is 5.75 Å². The number of alkyl halides is 2. The highest BCUT2D eigenvalue weighted by molar-refractivity contribution is 6.32. The monoisotopic (exact) mass is 359 g/mol. The molecule has 0 unspecified atom stereocenters. The molecule has 0 saturated heterocycles. The Bertz CT molecular complexity index is 730. The second-order valence-corrected chi connectivity index (χ2v) is 6.39. The van der Waals surface area contributed by atoms with E-state index in [0.29, 0.717) is 11.5 Å². The molecule has 10 heteroatoms. The van der Waals surface area contributed by atoms with E-state index in [0.717, 1.165) is 0 Å². The van der Waals surface area contributed by atoms with Crippen LogP contribution in [0.3, 0.4) is 0 Å². The molecule has 1 N–H and O–H groups in total. The molecular weight excluding hydrogens is 344 g/mol. The second-order valence-electron chi connectivity index (χ2n) is 5.98. The van der Waals surface area contributed by atoms with Gasteiger partial charge in [-0.2, -0.15) is 8.78 Å². The highest BCUT2D eigenvalue weighted by atomic mass is 35.5. The number of hydrogen-bond acceptors (Lipinski definition) is 5. The second kappa shape index (κ2) is 7.08. The summed E-state index contributed by atoms with van der Waals surface area (Å²) in [5, 5.41) is 13.8. The zero-order valence-electron chi connectivity index (χ0n) is 13.3. The molecule has 24 heavy (non-hydrogen) atoms. The van der Waals surface area contributed by atoms with Crippen molar-refractivity contribution in [3.05, 3.63) is 29.0 Å². The van der Waals surface area contributed by atoms with Gasteiger partial charge in [-0.25, -0.2) is 4.68 Å². The van der Waals surface area contributed by atoms with Gasteiger partial charge < -0.3 is 10.1 Å². The predicted octanol–water partition coefficient (Wildman–Crippen LogP) is 2.86. The molecule has 1 heterocycles. The lowest BCUT2D eigenvalue weighted by molar-refractivity contribution is -0.117. The number of nitrogens with zero attached hydrogens (tertiary/aromatic N) is 4. The van der Waals surface area contributed by atoms with Crippen molar-refractivity contribution in [1.82, 2.24) is 20.2 Å². The Labute approximate surface area is 141 Å². The standard InChI is InChI=1S/C14H16ClF2N5O2/c1-14(2,3)12-19-20-21-22(12)7-11(23)18-8-4-5-10(9(15)6-8)24-13(16)17/h4-6,13H,7H2,1-3H3,(H,18,23). The van der Waals surface area contributed by atoms with Crippen LogP contribution in [0.5, 0.6) is 5.75 Å². The van der Waals surface area contributed by atoms with Crippen LogP contribution in [0.1, 0.15) is 26.6 Å². The molecule has 1 aromatic carbocycles. The van der Waals surface area contributed by atoms with Crippen LogP contribution in [0.4, 0.5) is 14.5 Å². The summed E-state index contributed by atoms with van der Waals surface area (Å²) in [7, 11) is 0. The molecule has 0 aliphatic carbocycles. The van der Waals surface area contributed by atoms with E-state index < -0.39 is 6.61 Å². The lowest BCUT2D eigenvalue weighted by atomic mass is 9.96. The highest BCUT2D eigenvalue weighted by Crippen LogP contribution is 2.29. The van der Waals surface area contributed by atoms with Gasteiger partial charge >= 0.3 is 6.61 Å². The summed E-state index contributed by atoms with van der Waals surface area (Å²) in [6, 6.07) is 3.98. The van der Waals surface area contributed by atoms with Crippen molar-refractivity contribution >= 4 is 23.2 Å². The fourth-order valence-electron chi connectivity index (χ4n) is 1.95. The van der Waals surface area contributed by atoms with E-state index >= 15 is 0 Å². The van der Waals surface area contributed by atoms with Gasteiger partial charge in [-0.15, -0.1) is 5.10 Å². The minimum atomic E-state index is -2.97. The van der Waals surface area contributed by atoms with E-state index in [-0.39, 0.29) is 28.6 Å². The summed E-state index contributed by atoms with van der Waals surface area (Å²) >= 11 is 5.84. The minimum Gasteiger partial charge on any atom is -0.433 e. The number of amides is 1. The third-order valence-corrected chi connectivity index (χ3v) is 3.22. The number of aromatic nitrogens is 4. The SMILES string of the molecule is CC(C)(C)c1nnnn1CC(=O)Nc1ccc(OC(F)F)c(Cl)c1. The van der Waals surface area contributed by atoms with E-state index in [1.165, 1.54) is 22.9 Å². The number of carbonyl (C=O) groups is 1. The van der Waals surface area contributed by atoms with Crippen molar-refractivity contribution in [2.45, 2.75) is 39.3 Å². The summed E-state index contributed by atoms with van der Waals surface area (Å²) in [5.41, 5.74) is 0.0263. The number of halogens is 3. The molecule has 0 atom stereocenters. The van der Waals surface area contributed by atoms with Gasteiger partial charge in [-0.05, 0) is 28.6 Å². The fourth-order valence-corrected chi connectivity index (χ4v) is 2.18. The number of rotatable bonds is 5. The van der Waals surface area contributed by atoms with Gasteiger partial charge in [0.1, 0.15) is 12.3 Å². The summed E-state index contributed by atoms with van der Waals surface area (Å²) in [6.45, 7) is 2.71. The third kappa shape index (κ3) is 4.60. The summed E-state index contributed by atoms with van der Waals surface area (Å²) in [5.74, 6) is 0.0166. The summed E-state index contributed by atoms with van der Waals surface area (Å²) in [6.07, 6.45) is 0. The van der Waals surface area contributed by atoms with E-state index in [2.05, 4.69) is 25.6 Å². The molecule has 0 radical (unpaired) electrons. The molecule has 1 amide bonds. The van der Waals surface area contributed by atoms with Crippen molar-refractivity contribution < 1.29 is 18.3 Å². The molecule has 2 rings (SSSR count). The molecule has 0 aliphatic rings. The number of ether oxygens (including phenoxy) is 1. The van der Waals surface area contributed by atoms with Crippen LogP contribution in [0, 0.1) is 0 Å². The van der Waals surface area contributed by atoms with Gasteiger partial charge in [0, 0.05) is 11.1 Å². The third-order valence-electron chi connectivity index (χ3n) is 2.93. The Kier molecular flexibility index (Phi) is 5.33. The van der Waals surface area contributed by atoms with Crippen LogP contribution in [0.15, 0.2) is 18.2 Å². The Morgan fingerprint density at radius 1 is 1.42 bits per heavy atom. The normalized spacial score (nSPS) is 11.6. The quantitative estimate of drug-likeness (QED) is 0.887. The minimum absolute atomic E-state index is 0.0362. The molecule has 0 spiro atoms. The first-order valence-electron chi connectivity index (χ1n) is 6.97. The Morgan fingerprint density at radius 3 is 2.71 bits per heavy atom. The lowest BCUT2D eigenvalue weighted by Gasteiger charge is -2.17. The average Bonchev–Trinajstić information content (AvgIpc) is 2.89. The highest BCUT2D eigenvalue weighted by Gasteiger charge is 2.23. The predicted molar refractivity (Wildman–Crippen MR) is 83.2 cm³/mol. The first-order chi connectivity index (χ1) is 11.2. The number of hydrogen-bond donors (Lipinski definition) is 1. The maximum Gasteiger partial charge on any atom is 0.387 e. The topological polar surface area (TPSA) is 81.9 Å². The maximum atomic E-state index is 12.2. The first kappa shape index (κ1) is 18.1. The van der Waals surface area contributed by atoms with Crippen molar-refractivity contribution in [2.75, 3.05) is 5.32 Å². The summed E-state index contributed by atoms with van der Waals surface area (Å²) in [4.78, 5) is 12.1. The van der Waals surface area contributed by atoms with Crippen LogP contribution in [0.2, 0.25) is 5.02 Å². The molecule has 0 fully saturated rings. The number of nitrogens with one attached hydrogen (secondary N) is 1. The first-order valence-corrected chi connectivity index (χ1v) is 7.35. The van der Waals surface area contributed by atoms with E-state index in [1.54, 1.807) is 0 Å². The Hall–Kier alpha value is -2.29. The Morgan fingerprint density at radius 2 is 2.12 bits per heavy atom. The fraction of sp³-hybridized carbons (Fsp3) is 0.429. The number of benzene rings is 1. The largest absolute Gasteiger partial charge is 0.433 e. The zero-order chi connectivity index (χ0) is 17.9. The molecule has 1 aromatic heterocycles. The molecule has 2 aromatic rings. The average molecular weight is 360 g/mol. The van der Waals surface area contributed by atoms with E-state index in [9.17, 15) is 13.6 Å². The van der Waals surface area contributed by atoms with Crippen LogP contribution >= 0.6 is 11.6 Å². The van der Waals surface area contributed by atoms with E-state index in [1.807, 2.05) is 20.8 Å². The summed E-state index contributed by atoms with van der Waals surface area (Å²) < 4.78 is 30.0. The van der Waals surface area contributed by atoms with Gasteiger partial charge in [0.15, 0.2) is 5.82 Å². The van der Waals surface area contributed by atoms with Crippen LogP contribution in [-0.4, -0.2) is 32.7 Å². The van der Waals surface area contributed by atoms with Crippen LogP contribution in [0.25, 0.3) is 0 Å². The zero-order valence-corrected chi connectivity index (χ0v) is 14.0.